The fourth-order valence-corrected chi connectivity index (χ4v) is 4.35. The number of fused-ring (bicyclic) bond motifs is 1. The molecular weight excluding hydrogens is 426 g/mol. The summed E-state index contributed by atoms with van der Waals surface area (Å²) >= 11 is 1.42. The third-order valence-corrected chi connectivity index (χ3v) is 6.26. The molecule has 0 aliphatic rings. The number of benzene rings is 2. The summed E-state index contributed by atoms with van der Waals surface area (Å²) < 4.78 is 11.8. The average molecular weight is 450 g/mol. The number of aromatic nitrogens is 2. The van der Waals surface area contributed by atoms with Crippen LogP contribution >= 0.6 is 11.3 Å². The summed E-state index contributed by atoms with van der Waals surface area (Å²) in [5.41, 5.74) is 4.38. The summed E-state index contributed by atoms with van der Waals surface area (Å²) in [5, 5.41) is 5.25. The zero-order valence-corrected chi connectivity index (χ0v) is 19.1. The number of carbonyl (C=O) groups excluding carboxylic acids is 1. The molecule has 2 heterocycles. The molecule has 7 nitrogen and oxygen atoms in total. The summed E-state index contributed by atoms with van der Waals surface area (Å²) in [4.78, 5) is 31.0. The van der Waals surface area contributed by atoms with Gasteiger partial charge in [0, 0.05) is 17.0 Å². The molecule has 2 aromatic carbocycles. The molecule has 0 bridgehead atoms. The van der Waals surface area contributed by atoms with Crippen molar-refractivity contribution >= 4 is 33.1 Å². The minimum Gasteiger partial charge on any atom is -0.497 e. The first kappa shape index (κ1) is 21.6. The lowest BCUT2D eigenvalue weighted by Gasteiger charge is -2.12. The van der Waals surface area contributed by atoms with Gasteiger partial charge in [0.05, 0.1) is 31.6 Å². The first-order valence-electron chi connectivity index (χ1n) is 9.97. The van der Waals surface area contributed by atoms with Gasteiger partial charge in [-0.2, -0.15) is 0 Å². The molecule has 0 saturated heterocycles. The highest BCUT2D eigenvalue weighted by atomic mass is 32.1. The van der Waals surface area contributed by atoms with Gasteiger partial charge in [0.1, 0.15) is 22.9 Å². The zero-order chi connectivity index (χ0) is 22.8. The standard InChI is InChI=1S/C24H23N3O4S/c1-14-5-6-16(9-15(14)2)18-12-32-23-22(18)24(29)27(13-25-23)11-21(28)26-19-8-7-17(30-3)10-20(19)31-4/h5-10,12-13H,11H2,1-4H3,(H,26,28). The number of aryl methyl sites for hydroxylation is 2. The molecule has 8 heteroatoms. The van der Waals surface area contributed by atoms with Crippen LogP contribution in [0.25, 0.3) is 21.3 Å². The monoisotopic (exact) mass is 449 g/mol. The number of ether oxygens (including phenoxy) is 2. The average Bonchev–Trinajstić information content (AvgIpc) is 3.22. The predicted octanol–water partition coefficient (Wildman–Crippen LogP) is 4.40. The fraction of sp³-hybridized carbons (Fsp3) is 0.208. The van der Waals surface area contributed by atoms with Crippen molar-refractivity contribution < 1.29 is 14.3 Å². The number of hydrogen-bond donors (Lipinski definition) is 1. The van der Waals surface area contributed by atoms with E-state index in [-0.39, 0.29) is 18.0 Å². The Bertz CT molecular complexity index is 1370. The predicted molar refractivity (Wildman–Crippen MR) is 127 cm³/mol. The van der Waals surface area contributed by atoms with E-state index in [0.29, 0.717) is 27.4 Å². The molecule has 0 aliphatic heterocycles. The van der Waals surface area contributed by atoms with E-state index in [1.165, 1.54) is 34.9 Å². The van der Waals surface area contributed by atoms with Crippen LogP contribution in [0.4, 0.5) is 5.69 Å². The van der Waals surface area contributed by atoms with Gasteiger partial charge >= 0.3 is 0 Å². The van der Waals surface area contributed by atoms with Crippen molar-refractivity contribution in [3.8, 4) is 22.6 Å². The molecule has 164 valence electrons. The van der Waals surface area contributed by atoms with Gasteiger partial charge in [-0.25, -0.2) is 4.98 Å². The number of nitrogens with zero attached hydrogens (tertiary/aromatic N) is 2. The topological polar surface area (TPSA) is 82.5 Å². The summed E-state index contributed by atoms with van der Waals surface area (Å²) in [5.74, 6) is 0.718. The quantitative estimate of drug-likeness (QED) is 0.472. The van der Waals surface area contributed by atoms with Crippen LogP contribution in [-0.2, 0) is 11.3 Å². The molecule has 0 spiro atoms. The molecule has 4 rings (SSSR count). The Morgan fingerprint density at radius 2 is 1.91 bits per heavy atom. The van der Waals surface area contributed by atoms with Crippen LogP contribution in [-0.4, -0.2) is 29.7 Å². The number of thiophene rings is 1. The van der Waals surface area contributed by atoms with E-state index in [2.05, 4.69) is 23.3 Å². The molecule has 4 aromatic rings. The van der Waals surface area contributed by atoms with Gasteiger partial charge in [-0.15, -0.1) is 11.3 Å². The van der Waals surface area contributed by atoms with E-state index in [0.717, 1.165) is 16.7 Å². The van der Waals surface area contributed by atoms with Crippen LogP contribution in [0.3, 0.4) is 0 Å². The number of anilines is 1. The van der Waals surface area contributed by atoms with E-state index in [1.807, 2.05) is 24.4 Å². The highest BCUT2D eigenvalue weighted by Crippen LogP contribution is 2.32. The van der Waals surface area contributed by atoms with Crippen molar-refractivity contribution in [2.45, 2.75) is 20.4 Å². The van der Waals surface area contributed by atoms with E-state index in [4.69, 9.17) is 9.47 Å². The van der Waals surface area contributed by atoms with Crippen LogP contribution in [0.2, 0.25) is 0 Å². The molecule has 1 N–H and O–H groups in total. The van der Waals surface area contributed by atoms with Crippen LogP contribution in [0.1, 0.15) is 11.1 Å². The van der Waals surface area contributed by atoms with Gasteiger partial charge in [0.15, 0.2) is 0 Å². The van der Waals surface area contributed by atoms with Gasteiger partial charge in [-0.3, -0.25) is 14.2 Å². The van der Waals surface area contributed by atoms with Crippen molar-refractivity contribution in [2.75, 3.05) is 19.5 Å². The Morgan fingerprint density at radius 1 is 1.09 bits per heavy atom. The molecule has 1 amide bonds. The van der Waals surface area contributed by atoms with E-state index < -0.39 is 0 Å². The number of hydrogen-bond acceptors (Lipinski definition) is 6. The number of carbonyl (C=O) groups is 1. The fourth-order valence-electron chi connectivity index (χ4n) is 3.45. The van der Waals surface area contributed by atoms with Crippen molar-refractivity contribution in [1.29, 1.82) is 0 Å². The highest BCUT2D eigenvalue weighted by Gasteiger charge is 2.16. The van der Waals surface area contributed by atoms with E-state index >= 15 is 0 Å². The molecule has 32 heavy (non-hydrogen) atoms. The highest BCUT2D eigenvalue weighted by molar-refractivity contribution is 7.17. The zero-order valence-electron chi connectivity index (χ0n) is 18.3. The SMILES string of the molecule is COc1ccc(NC(=O)Cn2cnc3scc(-c4ccc(C)c(C)c4)c3c2=O)c(OC)c1. The van der Waals surface area contributed by atoms with Crippen LogP contribution < -0.4 is 20.3 Å². The Morgan fingerprint density at radius 3 is 2.62 bits per heavy atom. The molecule has 0 unspecified atom stereocenters. The van der Waals surface area contributed by atoms with Crippen molar-refractivity contribution in [1.82, 2.24) is 9.55 Å². The lowest BCUT2D eigenvalue weighted by molar-refractivity contribution is -0.116. The van der Waals surface area contributed by atoms with Crippen LogP contribution in [0, 0.1) is 13.8 Å². The second-order valence-corrected chi connectivity index (χ2v) is 8.28. The van der Waals surface area contributed by atoms with Gasteiger partial charge in [-0.05, 0) is 42.7 Å². The maximum absolute atomic E-state index is 13.2. The van der Waals surface area contributed by atoms with E-state index in [1.54, 1.807) is 25.3 Å². The summed E-state index contributed by atoms with van der Waals surface area (Å²) in [7, 11) is 3.07. The molecule has 0 fully saturated rings. The first-order chi connectivity index (χ1) is 15.4. The Kier molecular flexibility index (Phi) is 5.96. The van der Waals surface area contributed by atoms with Gasteiger partial charge in [0.25, 0.3) is 5.56 Å². The van der Waals surface area contributed by atoms with Gasteiger partial charge in [-0.1, -0.05) is 18.2 Å². The maximum Gasteiger partial charge on any atom is 0.263 e. The minimum absolute atomic E-state index is 0.167. The largest absolute Gasteiger partial charge is 0.497 e. The summed E-state index contributed by atoms with van der Waals surface area (Å²) in [6.45, 7) is 3.93. The second kappa shape index (κ2) is 8.84. The lowest BCUT2D eigenvalue weighted by atomic mass is 10.0. The Labute approximate surface area is 189 Å². The molecule has 0 saturated carbocycles. The lowest BCUT2D eigenvalue weighted by Crippen LogP contribution is -2.28. The number of amides is 1. The number of methoxy groups -OCH3 is 2. The van der Waals surface area contributed by atoms with Crippen molar-refractivity contribution in [3.05, 3.63) is 69.6 Å². The molecule has 0 radical (unpaired) electrons. The summed E-state index contributed by atoms with van der Waals surface area (Å²) in [6, 6.07) is 11.2. The normalized spacial score (nSPS) is 10.9. The van der Waals surface area contributed by atoms with Gasteiger partial charge in [0.2, 0.25) is 5.91 Å². The molecule has 2 aromatic heterocycles. The van der Waals surface area contributed by atoms with Crippen LogP contribution in [0.15, 0.2) is 52.9 Å². The van der Waals surface area contributed by atoms with Gasteiger partial charge < -0.3 is 14.8 Å². The summed E-state index contributed by atoms with van der Waals surface area (Å²) in [6.07, 6.45) is 1.41. The molecule has 0 atom stereocenters. The Hall–Kier alpha value is -3.65. The Balaban J connectivity index is 1.64. The number of rotatable bonds is 6. The molecular formula is C24H23N3O4S. The second-order valence-electron chi connectivity index (χ2n) is 7.42. The van der Waals surface area contributed by atoms with Crippen molar-refractivity contribution in [3.63, 3.8) is 0 Å². The van der Waals surface area contributed by atoms with Crippen molar-refractivity contribution in [2.24, 2.45) is 0 Å². The number of nitrogens with one attached hydrogen (secondary N) is 1. The minimum atomic E-state index is -0.361. The van der Waals surface area contributed by atoms with Crippen LogP contribution in [0.5, 0.6) is 11.5 Å². The maximum atomic E-state index is 13.2. The third-order valence-electron chi connectivity index (χ3n) is 5.38. The smallest absolute Gasteiger partial charge is 0.263 e. The first-order valence-corrected chi connectivity index (χ1v) is 10.9. The third kappa shape index (κ3) is 4.09. The molecule has 0 aliphatic carbocycles. The van der Waals surface area contributed by atoms with E-state index in [9.17, 15) is 9.59 Å².